The van der Waals surface area contributed by atoms with E-state index in [-0.39, 0.29) is 6.10 Å². The second-order valence-corrected chi connectivity index (χ2v) is 2.60. The van der Waals surface area contributed by atoms with E-state index in [1.807, 2.05) is 0 Å². The minimum atomic E-state index is -0.975. The largest absolute Gasteiger partial charge is 0.465 e. The molecule has 0 aliphatic carbocycles. The molecular weight excluding hydrogens is 148 g/mol. The second kappa shape index (κ2) is 3.06. The van der Waals surface area contributed by atoms with Crippen molar-refractivity contribution < 1.29 is 14.6 Å². The maximum Gasteiger partial charge on any atom is 0.408 e. The van der Waals surface area contributed by atoms with Gasteiger partial charge in [0.2, 0.25) is 0 Å². The van der Waals surface area contributed by atoms with Gasteiger partial charge in [-0.05, 0) is 0 Å². The topological polar surface area (TPSA) is 75.8 Å². The van der Waals surface area contributed by atoms with Crippen LogP contribution >= 0.6 is 0 Å². The Labute approximate surface area is 64.7 Å². The van der Waals surface area contributed by atoms with E-state index in [1.54, 1.807) is 7.11 Å². The van der Waals surface area contributed by atoms with Crippen LogP contribution in [0.1, 0.15) is 6.42 Å². The fourth-order valence-corrected chi connectivity index (χ4v) is 1.22. The van der Waals surface area contributed by atoms with Crippen LogP contribution in [0.4, 0.5) is 4.79 Å². The first-order chi connectivity index (χ1) is 5.15. The molecule has 1 aliphatic heterocycles. The van der Waals surface area contributed by atoms with Crippen molar-refractivity contribution in [3.8, 4) is 0 Å². The SMILES string of the molecule is COC1CC(N)N(C(=O)O)C1. The number of carboxylic acid groups (broad SMARTS) is 1. The number of ether oxygens (including phenoxy) is 1. The Morgan fingerprint density at radius 3 is 2.73 bits per heavy atom. The van der Waals surface area contributed by atoms with Gasteiger partial charge in [-0.15, -0.1) is 0 Å². The Kier molecular flexibility index (Phi) is 2.31. The van der Waals surface area contributed by atoms with Crippen molar-refractivity contribution in [2.24, 2.45) is 5.73 Å². The van der Waals surface area contributed by atoms with Crippen molar-refractivity contribution in [1.29, 1.82) is 0 Å². The number of carbonyl (C=O) groups is 1. The molecular formula is C6H12N2O3. The summed E-state index contributed by atoms with van der Waals surface area (Å²) in [6.45, 7) is 0.382. The summed E-state index contributed by atoms with van der Waals surface area (Å²) in [6, 6.07) is 0. The van der Waals surface area contributed by atoms with E-state index in [2.05, 4.69) is 0 Å². The van der Waals surface area contributed by atoms with Gasteiger partial charge in [-0.1, -0.05) is 0 Å². The fraction of sp³-hybridized carbons (Fsp3) is 0.833. The molecule has 3 N–H and O–H groups in total. The fourth-order valence-electron chi connectivity index (χ4n) is 1.22. The average molecular weight is 160 g/mol. The predicted molar refractivity (Wildman–Crippen MR) is 38.1 cm³/mol. The maximum absolute atomic E-state index is 10.5. The van der Waals surface area contributed by atoms with Gasteiger partial charge in [0.15, 0.2) is 0 Å². The maximum atomic E-state index is 10.5. The van der Waals surface area contributed by atoms with Crippen molar-refractivity contribution >= 4 is 6.09 Å². The lowest BCUT2D eigenvalue weighted by atomic mass is 10.3. The third-order valence-corrected chi connectivity index (χ3v) is 1.88. The molecule has 5 heteroatoms. The van der Waals surface area contributed by atoms with Crippen LogP contribution in [0.25, 0.3) is 0 Å². The lowest BCUT2D eigenvalue weighted by molar-refractivity contribution is 0.103. The normalized spacial score (nSPS) is 30.9. The molecule has 11 heavy (non-hydrogen) atoms. The van der Waals surface area contributed by atoms with Crippen LogP contribution < -0.4 is 5.73 Å². The second-order valence-electron chi connectivity index (χ2n) is 2.60. The van der Waals surface area contributed by atoms with E-state index < -0.39 is 12.3 Å². The van der Waals surface area contributed by atoms with Crippen LogP contribution in [0.5, 0.6) is 0 Å². The van der Waals surface area contributed by atoms with Gasteiger partial charge in [0.25, 0.3) is 0 Å². The summed E-state index contributed by atoms with van der Waals surface area (Å²) in [5.74, 6) is 0. The monoisotopic (exact) mass is 160 g/mol. The van der Waals surface area contributed by atoms with Crippen molar-refractivity contribution in [3.05, 3.63) is 0 Å². The highest BCUT2D eigenvalue weighted by Gasteiger charge is 2.32. The quantitative estimate of drug-likeness (QED) is 0.550. The molecule has 0 aromatic carbocycles. The molecule has 1 aliphatic rings. The third kappa shape index (κ3) is 1.61. The molecule has 2 atom stereocenters. The Morgan fingerprint density at radius 1 is 1.82 bits per heavy atom. The minimum Gasteiger partial charge on any atom is -0.465 e. The van der Waals surface area contributed by atoms with E-state index in [0.717, 1.165) is 0 Å². The molecule has 0 saturated carbocycles. The van der Waals surface area contributed by atoms with E-state index in [0.29, 0.717) is 13.0 Å². The van der Waals surface area contributed by atoms with Gasteiger partial charge in [0.1, 0.15) is 0 Å². The van der Waals surface area contributed by atoms with E-state index in [1.165, 1.54) is 4.90 Å². The summed E-state index contributed by atoms with van der Waals surface area (Å²) in [6.07, 6.45) is -0.835. The number of nitrogens with two attached hydrogens (primary N) is 1. The minimum absolute atomic E-state index is 0.0406. The lowest BCUT2D eigenvalue weighted by Crippen LogP contribution is -2.40. The highest BCUT2D eigenvalue weighted by atomic mass is 16.5. The number of amides is 1. The molecule has 64 valence electrons. The first kappa shape index (κ1) is 8.29. The molecule has 5 nitrogen and oxygen atoms in total. The predicted octanol–water partition coefficient (Wildman–Crippen LogP) is -0.330. The van der Waals surface area contributed by atoms with Crippen molar-refractivity contribution in [2.75, 3.05) is 13.7 Å². The van der Waals surface area contributed by atoms with Crippen molar-refractivity contribution in [3.63, 3.8) is 0 Å². The van der Waals surface area contributed by atoms with Crippen molar-refractivity contribution in [2.45, 2.75) is 18.7 Å². The van der Waals surface area contributed by atoms with Gasteiger partial charge in [-0.3, -0.25) is 4.90 Å². The molecule has 1 saturated heterocycles. The van der Waals surface area contributed by atoms with Gasteiger partial charge in [-0.2, -0.15) is 0 Å². The van der Waals surface area contributed by atoms with E-state index in [4.69, 9.17) is 15.6 Å². The number of hydrogen-bond acceptors (Lipinski definition) is 3. The molecule has 1 heterocycles. The zero-order valence-electron chi connectivity index (χ0n) is 6.36. The molecule has 0 aromatic heterocycles. The molecule has 1 fully saturated rings. The van der Waals surface area contributed by atoms with Gasteiger partial charge in [0.05, 0.1) is 18.8 Å². The number of nitrogens with zero attached hydrogens (tertiary/aromatic N) is 1. The highest BCUT2D eigenvalue weighted by molar-refractivity contribution is 5.65. The summed E-state index contributed by atoms with van der Waals surface area (Å²) in [5, 5.41) is 8.59. The number of methoxy groups -OCH3 is 1. The van der Waals surface area contributed by atoms with Gasteiger partial charge < -0.3 is 15.6 Å². The smallest absolute Gasteiger partial charge is 0.408 e. The van der Waals surface area contributed by atoms with Crippen LogP contribution in [0.3, 0.4) is 0 Å². The van der Waals surface area contributed by atoms with Crippen LogP contribution in [-0.2, 0) is 4.74 Å². The summed E-state index contributed by atoms with van der Waals surface area (Å²) in [4.78, 5) is 11.7. The van der Waals surface area contributed by atoms with Crippen LogP contribution in [-0.4, -0.2) is 42.0 Å². The number of hydrogen-bond donors (Lipinski definition) is 2. The molecule has 1 amide bonds. The molecule has 0 spiro atoms. The van der Waals surface area contributed by atoms with Gasteiger partial charge in [-0.25, -0.2) is 4.79 Å². The lowest BCUT2D eigenvalue weighted by Gasteiger charge is -2.15. The molecule has 0 bridgehead atoms. The van der Waals surface area contributed by atoms with Crippen molar-refractivity contribution in [1.82, 2.24) is 4.90 Å². The zero-order chi connectivity index (χ0) is 8.43. The Morgan fingerprint density at radius 2 is 2.45 bits per heavy atom. The first-order valence-corrected chi connectivity index (χ1v) is 3.43. The summed E-state index contributed by atoms with van der Waals surface area (Å²) < 4.78 is 4.98. The molecule has 0 aromatic rings. The zero-order valence-corrected chi connectivity index (χ0v) is 6.36. The van der Waals surface area contributed by atoms with Gasteiger partial charge >= 0.3 is 6.09 Å². The number of likely N-dealkylation sites (tertiary alicyclic amines) is 1. The first-order valence-electron chi connectivity index (χ1n) is 3.43. The summed E-state index contributed by atoms with van der Waals surface area (Å²) in [5.41, 5.74) is 5.51. The van der Waals surface area contributed by atoms with E-state index in [9.17, 15) is 4.79 Å². The number of rotatable bonds is 1. The Hall–Kier alpha value is -0.810. The molecule has 1 rings (SSSR count). The summed E-state index contributed by atoms with van der Waals surface area (Å²) in [7, 11) is 1.56. The van der Waals surface area contributed by atoms with Gasteiger partial charge in [0, 0.05) is 13.5 Å². The highest BCUT2D eigenvalue weighted by Crippen LogP contribution is 2.15. The standard InChI is InChI=1S/C6H12N2O3/c1-11-4-2-5(7)8(3-4)6(9)10/h4-5H,2-3,7H2,1H3,(H,9,10). The Balaban J connectivity index is 2.51. The summed E-state index contributed by atoms with van der Waals surface area (Å²) >= 11 is 0. The van der Waals surface area contributed by atoms with Crippen LogP contribution in [0.15, 0.2) is 0 Å². The third-order valence-electron chi connectivity index (χ3n) is 1.88. The van der Waals surface area contributed by atoms with Crippen LogP contribution in [0.2, 0.25) is 0 Å². The molecule has 2 unspecified atom stereocenters. The average Bonchev–Trinajstić information content (AvgIpc) is 2.30. The van der Waals surface area contributed by atoms with E-state index >= 15 is 0 Å². The Bertz CT molecular complexity index is 162. The van der Waals surface area contributed by atoms with Crippen LogP contribution in [0, 0.1) is 0 Å². The molecule has 0 radical (unpaired) electrons.